The number of non-ortho nitro benzene ring substituents is 1. The zero-order valence-electron chi connectivity index (χ0n) is 8.01. The lowest BCUT2D eigenvalue weighted by atomic mass is 10.3. The molecule has 1 aromatic heterocycles. The standard InChI is InChI=1S/C9H9N3O3/c1-5(10)9-11-7-4-6(12(13)14)2-3-8(7)15-9/h2-5H,10H2,1H3. The number of nitro benzene ring substituents is 1. The first-order chi connectivity index (χ1) is 7.08. The Hall–Kier alpha value is -1.95. The van der Waals surface area contributed by atoms with Gasteiger partial charge in [0.1, 0.15) is 5.52 Å². The van der Waals surface area contributed by atoms with E-state index in [1.165, 1.54) is 18.2 Å². The quantitative estimate of drug-likeness (QED) is 0.597. The number of aromatic nitrogens is 1. The minimum absolute atomic E-state index is 0.00738. The van der Waals surface area contributed by atoms with E-state index in [0.29, 0.717) is 17.0 Å². The van der Waals surface area contributed by atoms with Gasteiger partial charge in [-0.2, -0.15) is 0 Å². The molecule has 1 aromatic carbocycles. The largest absolute Gasteiger partial charge is 0.439 e. The molecular weight excluding hydrogens is 198 g/mol. The van der Waals surface area contributed by atoms with Gasteiger partial charge in [-0.3, -0.25) is 10.1 Å². The summed E-state index contributed by atoms with van der Waals surface area (Å²) in [5.41, 5.74) is 6.54. The number of nitrogens with two attached hydrogens (primary N) is 1. The Morgan fingerprint density at radius 2 is 2.33 bits per heavy atom. The molecule has 2 N–H and O–H groups in total. The topological polar surface area (TPSA) is 95.2 Å². The Labute approximate surface area is 84.8 Å². The molecule has 6 heteroatoms. The number of nitrogens with zero attached hydrogens (tertiary/aromatic N) is 2. The van der Waals surface area contributed by atoms with E-state index in [0.717, 1.165) is 0 Å². The maximum Gasteiger partial charge on any atom is 0.271 e. The Balaban J connectivity index is 2.57. The van der Waals surface area contributed by atoms with Gasteiger partial charge in [0.25, 0.3) is 5.69 Å². The van der Waals surface area contributed by atoms with Crippen LogP contribution in [0.5, 0.6) is 0 Å². The molecule has 0 fully saturated rings. The van der Waals surface area contributed by atoms with E-state index in [-0.39, 0.29) is 11.7 Å². The van der Waals surface area contributed by atoms with Gasteiger partial charge in [0.2, 0.25) is 5.89 Å². The zero-order chi connectivity index (χ0) is 11.0. The summed E-state index contributed by atoms with van der Waals surface area (Å²) in [6.45, 7) is 1.74. The van der Waals surface area contributed by atoms with Gasteiger partial charge in [-0.05, 0) is 13.0 Å². The van der Waals surface area contributed by atoms with Crippen molar-refractivity contribution >= 4 is 16.8 Å². The van der Waals surface area contributed by atoms with Crippen molar-refractivity contribution in [3.8, 4) is 0 Å². The molecule has 1 unspecified atom stereocenters. The Bertz CT molecular complexity index is 518. The fourth-order valence-corrected chi connectivity index (χ4v) is 1.24. The molecular formula is C9H9N3O3. The molecule has 0 bridgehead atoms. The number of nitro groups is 1. The molecule has 0 spiro atoms. The predicted octanol–water partition coefficient (Wildman–Crippen LogP) is 1.76. The van der Waals surface area contributed by atoms with Crippen molar-refractivity contribution in [2.24, 2.45) is 5.73 Å². The maximum atomic E-state index is 10.5. The van der Waals surface area contributed by atoms with Crippen molar-refractivity contribution in [3.63, 3.8) is 0 Å². The predicted molar refractivity (Wildman–Crippen MR) is 53.3 cm³/mol. The third kappa shape index (κ3) is 1.66. The lowest BCUT2D eigenvalue weighted by molar-refractivity contribution is -0.384. The Kier molecular flexibility index (Phi) is 2.12. The molecule has 0 aliphatic heterocycles. The van der Waals surface area contributed by atoms with Gasteiger partial charge in [-0.15, -0.1) is 0 Å². The molecule has 2 aromatic rings. The van der Waals surface area contributed by atoms with Crippen LogP contribution in [0.3, 0.4) is 0 Å². The number of oxazole rings is 1. The first-order valence-electron chi connectivity index (χ1n) is 4.38. The first kappa shape index (κ1) is 9.60. The van der Waals surface area contributed by atoms with E-state index in [1.54, 1.807) is 6.92 Å². The normalized spacial score (nSPS) is 12.9. The van der Waals surface area contributed by atoms with E-state index in [1.807, 2.05) is 0 Å². The van der Waals surface area contributed by atoms with Crippen LogP contribution < -0.4 is 5.73 Å². The molecule has 0 aliphatic carbocycles. The summed E-state index contributed by atoms with van der Waals surface area (Å²) in [4.78, 5) is 14.1. The summed E-state index contributed by atoms with van der Waals surface area (Å²) in [7, 11) is 0. The number of rotatable bonds is 2. The van der Waals surface area contributed by atoms with E-state index < -0.39 is 4.92 Å². The highest BCUT2D eigenvalue weighted by Crippen LogP contribution is 2.23. The zero-order valence-corrected chi connectivity index (χ0v) is 8.01. The van der Waals surface area contributed by atoms with E-state index in [2.05, 4.69) is 4.98 Å². The third-order valence-corrected chi connectivity index (χ3v) is 1.99. The molecule has 0 radical (unpaired) electrons. The summed E-state index contributed by atoms with van der Waals surface area (Å²) in [5, 5.41) is 10.5. The second-order valence-corrected chi connectivity index (χ2v) is 3.25. The smallest absolute Gasteiger partial charge is 0.271 e. The number of hydrogen-bond donors (Lipinski definition) is 1. The summed E-state index contributed by atoms with van der Waals surface area (Å²) < 4.78 is 5.31. The lowest BCUT2D eigenvalue weighted by Crippen LogP contribution is -2.04. The number of hydrogen-bond acceptors (Lipinski definition) is 5. The van der Waals surface area contributed by atoms with Gasteiger partial charge in [-0.25, -0.2) is 4.98 Å². The summed E-state index contributed by atoms with van der Waals surface area (Å²) in [6.07, 6.45) is 0. The fourth-order valence-electron chi connectivity index (χ4n) is 1.24. The molecule has 1 heterocycles. The van der Waals surface area contributed by atoms with Crippen molar-refractivity contribution in [2.45, 2.75) is 13.0 Å². The number of fused-ring (bicyclic) bond motifs is 1. The molecule has 15 heavy (non-hydrogen) atoms. The van der Waals surface area contributed by atoms with Crippen molar-refractivity contribution in [3.05, 3.63) is 34.2 Å². The van der Waals surface area contributed by atoms with Gasteiger partial charge in [0, 0.05) is 12.1 Å². The second-order valence-electron chi connectivity index (χ2n) is 3.25. The maximum absolute atomic E-state index is 10.5. The molecule has 0 aliphatic rings. The van der Waals surface area contributed by atoms with Gasteiger partial charge in [-0.1, -0.05) is 0 Å². The van der Waals surface area contributed by atoms with Gasteiger partial charge < -0.3 is 10.2 Å². The molecule has 1 atom stereocenters. The van der Waals surface area contributed by atoms with Crippen molar-refractivity contribution in [2.75, 3.05) is 0 Å². The molecule has 6 nitrogen and oxygen atoms in total. The average Bonchev–Trinajstić information content (AvgIpc) is 2.59. The van der Waals surface area contributed by atoms with Crippen LogP contribution in [-0.2, 0) is 0 Å². The van der Waals surface area contributed by atoms with E-state index in [9.17, 15) is 10.1 Å². The third-order valence-electron chi connectivity index (χ3n) is 1.99. The highest BCUT2D eigenvalue weighted by atomic mass is 16.6. The Morgan fingerprint density at radius 1 is 1.60 bits per heavy atom. The minimum Gasteiger partial charge on any atom is -0.439 e. The van der Waals surface area contributed by atoms with Crippen LogP contribution in [0.15, 0.2) is 22.6 Å². The van der Waals surface area contributed by atoms with Crippen LogP contribution >= 0.6 is 0 Å². The number of benzene rings is 1. The Morgan fingerprint density at radius 3 is 2.93 bits per heavy atom. The average molecular weight is 207 g/mol. The second kappa shape index (κ2) is 3.32. The summed E-state index contributed by atoms with van der Waals surface area (Å²) in [6, 6.07) is 3.94. The first-order valence-corrected chi connectivity index (χ1v) is 4.38. The van der Waals surface area contributed by atoms with Crippen molar-refractivity contribution in [1.29, 1.82) is 0 Å². The van der Waals surface area contributed by atoms with Crippen LogP contribution in [0.1, 0.15) is 18.9 Å². The monoisotopic (exact) mass is 207 g/mol. The van der Waals surface area contributed by atoms with Crippen LogP contribution in [0, 0.1) is 10.1 Å². The summed E-state index contributed by atoms with van der Waals surface area (Å²) >= 11 is 0. The van der Waals surface area contributed by atoms with Crippen LogP contribution in [0.25, 0.3) is 11.1 Å². The van der Waals surface area contributed by atoms with Crippen molar-refractivity contribution in [1.82, 2.24) is 4.98 Å². The highest BCUT2D eigenvalue weighted by molar-refractivity contribution is 5.75. The van der Waals surface area contributed by atoms with E-state index >= 15 is 0 Å². The van der Waals surface area contributed by atoms with Crippen LogP contribution in [-0.4, -0.2) is 9.91 Å². The van der Waals surface area contributed by atoms with Gasteiger partial charge in [0.15, 0.2) is 5.58 Å². The van der Waals surface area contributed by atoms with Gasteiger partial charge >= 0.3 is 0 Å². The molecule has 0 amide bonds. The molecule has 0 saturated heterocycles. The SMILES string of the molecule is CC(N)c1nc2cc([N+](=O)[O-])ccc2o1. The highest BCUT2D eigenvalue weighted by Gasteiger charge is 2.13. The van der Waals surface area contributed by atoms with Gasteiger partial charge in [0.05, 0.1) is 11.0 Å². The van der Waals surface area contributed by atoms with Crippen molar-refractivity contribution < 1.29 is 9.34 Å². The van der Waals surface area contributed by atoms with E-state index in [4.69, 9.17) is 10.2 Å². The molecule has 0 saturated carbocycles. The summed E-state index contributed by atoms with van der Waals surface area (Å²) in [5.74, 6) is 0.380. The molecule has 2 rings (SSSR count). The lowest BCUT2D eigenvalue weighted by Gasteiger charge is -1.94. The molecule has 78 valence electrons. The van der Waals surface area contributed by atoms with Crippen LogP contribution in [0.2, 0.25) is 0 Å². The van der Waals surface area contributed by atoms with Crippen LogP contribution in [0.4, 0.5) is 5.69 Å². The minimum atomic E-state index is -0.473. The fraction of sp³-hybridized carbons (Fsp3) is 0.222.